The number of hydrogen-bond acceptors (Lipinski definition) is 3. The fourth-order valence-electron chi connectivity index (χ4n) is 1.35. The van der Waals surface area contributed by atoms with Crippen LogP contribution < -0.4 is 0 Å². The van der Waals surface area contributed by atoms with Crippen LogP contribution in [-0.2, 0) is 11.8 Å². The highest BCUT2D eigenvalue weighted by molar-refractivity contribution is 6.39. The van der Waals surface area contributed by atoms with E-state index in [0.717, 1.165) is 0 Å². The van der Waals surface area contributed by atoms with Crippen molar-refractivity contribution in [1.29, 1.82) is 0 Å². The van der Waals surface area contributed by atoms with E-state index in [9.17, 15) is 9.59 Å². The van der Waals surface area contributed by atoms with E-state index in [1.807, 2.05) is 0 Å². The quantitative estimate of drug-likeness (QED) is 0.442. The van der Waals surface area contributed by atoms with Gasteiger partial charge in [0.15, 0.2) is 11.6 Å². The van der Waals surface area contributed by atoms with Crippen LogP contribution in [0.5, 0.6) is 0 Å². The minimum Gasteiger partial charge on any atom is -0.297 e. The summed E-state index contributed by atoms with van der Waals surface area (Å²) in [6, 6.07) is 1.60. The summed E-state index contributed by atoms with van der Waals surface area (Å²) in [5.74, 6) is -0.438. The van der Waals surface area contributed by atoms with Gasteiger partial charge in [-0.3, -0.25) is 14.3 Å². The van der Waals surface area contributed by atoms with E-state index in [1.54, 1.807) is 19.3 Å². The van der Waals surface area contributed by atoms with Gasteiger partial charge >= 0.3 is 0 Å². The van der Waals surface area contributed by atoms with Crippen LogP contribution in [0.4, 0.5) is 0 Å². The molecule has 0 unspecified atom stereocenters. The molecule has 0 saturated heterocycles. The SMILES string of the molecule is Cn1ccc(C(=O)CC(=O)C2(Cl)CC2)n1. The molecule has 1 aliphatic carbocycles. The number of ketones is 2. The average Bonchev–Trinajstić information content (AvgIpc) is 2.77. The Morgan fingerprint density at radius 3 is 2.73 bits per heavy atom. The molecule has 0 amide bonds. The predicted molar refractivity (Wildman–Crippen MR) is 55.0 cm³/mol. The third-order valence-electron chi connectivity index (χ3n) is 2.51. The number of Topliss-reactive ketones (excluding diaryl/α,β-unsaturated/α-hetero) is 2. The first-order valence-corrected chi connectivity index (χ1v) is 5.14. The number of carbonyl (C=O) groups excluding carboxylic acids is 2. The number of hydrogen-bond donors (Lipinski definition) is 0. The van der Waals surface area contributed by atoms with Gasteiger partial charge in [-0.25, -0.2) is 0 Å². The van der Waals surface area contributed by atoms with Gasteiger partial charge in [-0.05, 0) is 18.9 Å². The van der Waals surface area contributed by atoms with E-state index in [-0.39, 0.29) is 18.0 Å². The van der Waals surface area contributed by atoms with E-state index in [1.165, 1.54) is 4.68 Å². The van der Waals surface area contributed by atoms with Gasteiger partial charge in [-0.2, -0.15) is 5.10 Å². The summed E-state index contributed by atoms with van der Waals surface area (Å²) in [7, 11) is 1.72. The summed E-state index contributed by atoms with van der Waals surface area (Å²) in [6.45, 7) is 0. The molecule has 0 radical (unpaired) electrons. The lowest BCUT2D eigenvalue weighted by atomic mass is 10.1. The van der Waals surface area contributed by atoms with Gasteiger partial charge in [0.2, 0.25) is 0 Å². The van der Waals surface area contributed by atoms with Gasteiger partial charge in [0.05, 0.1) is 6.42 Å². The van der Waals surface area contributed by atoms with Crippen LogP contribution in [0.25, 0.3) is 0 Å². The minimum atomic E-state index is -0.746. The lowest BCUT2D eigenvalue weighted by Crippen LogP contribution is -2.19. The van der Waals surface area contributed by atoms with Crippen molar-refractivity contribution in [2.75, 3.05) is 0 Å². The standard InChI is InChI=1S/C10H11ClN2O2/c1-13-5-2-7(12-13)8(14)6-9(15)10(11)3-4-10/h2,5H,3-4,6H2,1H3. The second-order valence-corrected chi connectivity index (χ2v) is 4.59. The summed E-state index contributed by atoms with van der Waals surface area (Å²) in [5.41, 5.74) is 0.326. The molecule has 1 heterocycles. The van der Waals surface area contributed by atoms with Crippen molar-refractivity contribution < 1.29 is 9.59 Å². The van der Waals surface area contributed by atoms with Crippen LogP contribution in [-0.4, -0.2) is 26.2 Å². The molecular formula is C10H11ClN2O2. The molecular weight excluding hydrogens is 216 g/mol. The number of nitrogens with zero attached hydrogens (tertiary/aromatic N) is 2. The predicted octanol–water partition coefficient (Wildman–Crippen LogP) is 1.33. The highest BCUT2D eigenvalue weighted by Gasteiger charge is 2.48. The lowest BCUT2D eigenvalue weighted by Gasteiger charge is -2.02. The summed E-state index contributed by atoms with van der Waals surface area (Å²) in [4.78, 5) is 22.4. The van der Waals surface area contributed by atoms with E-state index < -0.39 is 4.87 Å². The molecule has 80 valence electrons. The fraction of sp³-hybridized carbons (Fsp3) is 0.500. The maximum atomic E-state index is 11.6. The van der Waals surface area contributed by atoms with Crippen LogP contribution in [0.3, 0.4) is 0 Å². The average molecular weight is 227 g/mol. The Hall–Kier alpha value is -1.16. The second kappa shape index (κ2) is 3.45. The zero-order chi connectivity index (χ0) is 11.1. The van der Waals surface area contributed by atoms with Crippen molar-refractivity contribution in [1.82, 2.24) is 9.78 Å². The molecule has 2 rings (SSSR count). The van der Waals surface area contributed by atoms with Crippen molar-refractivity contribution in [3.63, 3.8) is 0 Å². The first-order chi connectivity index (χ1) is 7.01. The molecule has 0 N–H and O–H groups in total. The zero-order valence-corrected chi connectivity index (χ0v) is 9.12. The zero-order valence-electron chi connectivity index (χ0n) is 8.36. The van der Waals surface area contributed by atoms with E-state index in [4.69, 9.17) is 11.6 Å². The highest BCUT2D eigenvalue weighted by Crippen LogP contribution is 2.44. The van der Waals surface area contributed by atoms with Crippen LogP contribution >= 0.6 is 11.6 Å². The Morgan fingerprint density at radius 1 is 1.60 bits per heavy atom. The minimum absolute atomic E-state index is 0.138. The van der Waals surface area contributed by atoms with Gasteiger partial charge in [0.25, 0.3) is 0 Å². The number of rotatable bonds is 4. The van der Waals surface area contributed by atoms with Crippen molar-refractivity contribution in [2.24, 2.45) is 7.05 Å². The van der Waals surface area contributed by atoms with Gasteiger partial charge in [-0.1, -0.05) is 0 Å². The number of aryl methyl sites for hydroxylation is 1. The topological polar surface area (TPSA) is 52.0 Å². The Labute approximate surface area is 92.2 Å². The third-order valence-corrected chi connectivity index (χ3v) is 3.10. The first kappa shape index (κ1) is 10.4. The van der Waals surface area contributed by atoms with Crippen LogP contribution in [0.1, 0.15) is 29.8 Å². The Morgan fingerprint density at radius 2 is 2.27 bits per heavy atom. The normalized spacial score (nSPS) is 17.5. The Kier molecular flexibility index (Phi) is 2.38. The number of halogens is 1. The molecule has 0 bridgehead atoms. The van der Waals surface area contributed by atoms with Crippen molar-refractivity contribution in [2.45, 2.75) is 24.1 Å². The van der Waals surface area contributed by atoms with Gasteiger partial charge in [0, 0.05) is 13.2 Å². The molecule has 1 saturated carbocycles. The summed E-state index contributed by atoms with van der Waals surface area (Å²) >= 11 is 5.90. The summed E-state index contributed by atoms with van der Waals surface area (Å²) < 4.78 is 1.53. The highest BCUT2D eigenvalue weighted by atomic mass is 35.5. The van der Waals surface area contributed by atoms with Crippen LogP contribution in [0.2, 0.25) is 0 Å². The molecule has 0 spiro atoms. The van der Waals surface area contributed by atoms with E-state index >= 15 is 0 Å². The maximum absolute atomic E-state index is 11.6. The molecule has 1 aromatic rings. The first-order valence-electron chi connectivity index (χ1n) is 4.76. The molecule has 1 aromatic heterocycles. The largest absolute Gasteiger partial charge is 0.297 e. The molecule has 5 heteroatoms. The number of alkyl halides is 1. The van der Waals surface area contributed by atoms with E-state index in [2.05, 4.69) is 5.10 Å². The molecule has 15 heavy (non-hydrogen) atoms. The summed E-state index contributed by atoms with van der Waals surface area (Å²) in [5, 5.41) is 3.94. The number of aromatic nitrogens is 2. The Bertz CT molecular complexity index is 421. The molecule has 1 fully saturated rings. The fourth-order valence-corrected chi connectivity index (χ4v) is 1.51. The van der Waals surface area contributed by atoms with Gasteiger partial charge < -0.3 is 0 Å². The van der Waals surface area contributed by atoms with Crippen molar-refractivity contribution in [3.05, 3.63) is 18.0 Å². The lowest BCUT2D eigenvalue weighted by molar-refractivity contribution is -0.118. The monoisotopic (exact) mass is 226 g/mol. The third kappa shape index (κ3) is 2.09. The Balaban J connectivity index is 2.01. The number of carbonyl (C=O) groups is 2. The smallest absolute Gasteiger partial charge is 0.190 e. The molecule has 0 aromatic carbocycles. The summed E-state index contributed by atoms with van der Waals surface area (Å²) in [6.07, 6.45) is 2.90. The van der Waals surface area contributed by atoms with Crippen LogP contribution in [0, 0.1) is 0 Å². The molecule has 0 aliphatic heterocycles. The van der Waals surface area contributed by atoms with Gasteiger partial charge in [-0.15, -0.1) is 11.6 Å². The van der Waals surface area contributed by atoms with Crippen LogP contribution in [0.15, 0.2) is 12.3 Å². The van der Waals surface area contributed by atoms with Gasteiger partial charge in [0.1, 0.15) is 10.6 Å². The maximum Gasteiger partial charge on any atom is 0.190 e. The molecule has 1 aliphatic rings. The van der Waals surface area contributed by atoms with Crippen molar-refractivity contribution in [3.8, 4) is 0 Å². The second-order valence-electron chi connectivity index (χ2n) is 3.86. The van der Waals surface area contributed by atoms with E-state index in [0.29, 0.717) is 18.5 Å². The van der Waals surface area contributed by atoms with Crippen molar-refractivity contribution >= 4 is 23.2 Å². The molecule has 4 nitrogen and oxygen atoms in total. The molecule has 0 atom stereocenters.